The van der Waals surface area contributed by atoms with Gasteiger partial charge in [0.2, 0.25) is 0 Å². The summed E-state index contributed by atoms with van der Waals surface area (Å²) in [5.41, 5.74) is 3.31. The van der Waals surface area contributed by atoms with Crippen molar-refractivity contribution in [3.8, 4) is 11.1 Å². The third-order valence-corrected chi connectivity index (χ3v) is 6.94. The number of hydrogen-bond donors (Lipinski definition) is 1. The van der Waals surface area contributed by atoms with Crippen molar-refractivity contribution < 1.29 is 4.79 Å². The van der Waals surface area contributed by atoms with Crippen LogP contribution < -0.4 is 5.32 Å². The highest BCUT2D eigenvalue weighted by Crippen LogP contribution is 2.28. The number of rotatable bonds is 5. The lowest BCUT2D eigenvalue weighted by Gasteiger charge is -2.43. The summed E-state index contributed by atoms with van der Waals surface area (Å²) in [6, 6.07) is 11.7. The molecule has 0 saturated carbocycles. The Labute approximate surface area is 205 Å². The first kappa shape index (κ1) is 23.1. The third-order valence-electron chi connectivity index (χ3n) is 6.94. The van der Waals surface area contributed by atoms with Crippen LogP contribution in [0.5, 0.6) is 0 Å². The van der Waals surface area contributed by atoms with Crippen LogP contribution in [0.3, 0.4) is 0 Å². The third kappa shape index (κ3) is 4.80. The molecule has 0 radical (unpaired) electrons. The number of aryl methyl sites for hydroxylation is 1. The van der Waals surface area contributed by atoms with Crippen molar-refractivity contribution >= 4 is 22.5 Å². The highest BCUT2D eigenvalue weighted by molar-refractivity contribution is 6.04. The van der Waals surface area contributed by atoms with E-state index in [0.29, 0.717) is 11.4 Å². The van der Waals surface area contributed by atoms with Crippen LogP contribution >= 0.6 is 0 Å². The summed E-state index contributed by atoms with van der Waals surface area (Å²) >= 11 is 0. The predicted octanol–water partition coefficient (Wildman–Crippen LogP) is 3.77. The monoisotopic (exact) mass is 469 g/mol. The van der Waals surface area contributed by atoms with Gasteiger partial charge in [0.15, 0.2) is 0 Å². The largest absolute Gasteiger partial charge is 0.307 e. The van der Waals surface area contributed by atoms with E-state index < -0.39 is 0 Å². The summed E-state index contributed by atoms with van der Waals surface area (Å²) in [6.45, 7) is 8.35. The van der Waals surface area contributed by atoms with E-state index in [-0.39, 0.29) is 11.4 Å². The molecule has 1 aromatic carbocycles. The van der Waals surface area contributed by atoms with Crippen molar-refractivity contribution in [1.82, 2.24) is 29.5 Å². The molecule has 0 spiro atoms. The molecule has 4 heterocycles. The molecule has 0 bridgehead atoms. The maximum Gasteiger partial charge on any atom is 0.256 e. The number of carbonyl (C=O) groups is 1. The van der Waals surface area contributed by atoms with Crippen molar-refractivity contribution in [3.05, 3.63) is 72.4 Å². The molecule has 180 valence electrons. The van der Waals surface area contributed by atoms with Gasteiger partial charge in [0.05, 0.1) is 17.4 Å². The number of anilines is 1. The normalized spacial score (nSPS) is 15.4. The van der Waals surface area contributed by atoms with Gasteiger partial charge in [-0.2, -0.15) is 5.10 Å². The summed E-state index contributed by atoms with van der Waals surface area (Å²) in [5, 5.41) is 9.23. The second kappa shape index (κ2) is 9.20. The lowest BCUT2D eigenvalue weighted by atomic mass is 9.95. The zero-order chi connectivity index (χ0) is 24.6. The number of hydrogen-bond acceptors (Lipinski definition) is 6. The number of aromatic nitrogens is 4. The number of piperazine rings is 1. The van der Waals surface area contributed by atoms with Crippen molar-refractivity contribution in [2.45, 2.75) is 19.4 Å². The van der Waals surface area contributed by atoms with Gasteiger partial charge in [-0.3, -0.25) is 19.4 Å². The van der Waals surface area contributed by atoms with Gasteiger partial charge in [-0.05, 0) is 56.1 Å². The first-order valence-electron chi connectivity index (χ1n) is 11.9. The fourth-order valence-corrected chi connectivity index (χ4v) is 4.58. The minimum atomic E-state index is -0.262. The molecule has 0 aliphatic carbocycles. The van der Waals surface area contributed by atoms with Gasteiger partial charge in [-0.25, -0.2) is 4.98 Å². The molecule has 35 heavy (non-hydrogen) atoms. The summed E-state index contributed by atoms with van der Waals surface area (Å²) in [6.07, 6.45) is 7.33. The van der Waals surface area contributed by atoms with Gasteiger partial charge in [0.1, 0.15) is 5.82 Å². The molecule has 5 rings (SSSR count). The Balaban J connectivity index is 1.36. The van der Waals surface area contributed by atoms with Crippen LogP contribution in [0.15, 0.2) is 61.2 Å². The molecule has 1 N–H and O–H groups in total. The van der Waals surface area contributed by atoms with E-state index in [0.717, 1.165) is 53.8 Å². The summed E-state index contributed by atoms with van der Waals surface area (Å²) in [4.78, 5) is 27.0. The number of amides is 1. The Kier molecular flexibility index (Phi) is 6.08. The molecule has 1 fully saturated rings. The van der Waals surface area contributed by atoms with E-state index in [1.54, 1.807) is 23.1 Å². The van der Waals surface area contributed by atoms with E-state index in [1.165, 1.54) is 0 Å². The molecular formula is C27H31N7O. The summed E-state index contributed by atoms with van der Waals surface area (Å²) in [5.74, 6) is 0.320. The van der Waals surface area contributed by atoms with Crippen molar-refractivity contribution in [3.63, 3.8) is 0 Å². The number of likely N-dealkylation sites (N-methyl/N-ethyl adjacent to an activating group) is 1. The molecule has 4 aromatic rings. The van der Waals surface area contributed by atoms with E-state index in [4.69, 9.17) is 0 Å². The maximum absolute atomic E-state index is 13.1. The van der Waals surface area contributed by atoms with Gasteiger partial charge >= 0.3 is 0 Å². The molecule has 0 atom stereocenters. The Hall–Kier alpha value is -3.62. The number of benzene rings is 1. The van der Waals surface area contributed by atoms with Crippen molar-refractivity contribution in [1.29, 1.82) is 0 Å². The van der Waals surface area contributed by atoms with E-state index in [1.807, 2.05) is 37.6 Å². The first-order chi connectivity index (χ1) is 16.8. The molecule has 3 aromatic heterocycles. The molecule has 1 aliphatic heterocycles. The molecular weight excluding hydrogens is 438 g/mol. The zero-order valence-electron chi connectivity index (χ0n) is 20.7. The van der Waals surface area contributed by atoms with Crippen molar-refractivity contribution in [2.75, 3.05) is 38.5 Å². The predicted molar refractivity (Wildman–Crippen MR) is 138 cm³/mol. The van der Waals surface area contributed by atoms with Gasteiger partial charge in [0.25, 0.3) is 5.91 Å². The fraction of sp³-hybridized carbons (Fsp3) is 0.333. The smallest absolute Gasteiger partial charge is 0.256 e. The van der Waals surface area contributed by atoms with Crippen LogP contribution in [0.4, 0.5) is 5.82 Å². The van der Waals surface area contributed by atoms with Crippen LogP contribution in [-0.2, 0) is 12.6 Å². The van der Waals surface area contributed by atoms with E-state index in [2.05, 4.69) is 63.2 Å². The van der Waals surface area contributed by atoms with E-state index in [9.17, 15) is 4.79 Å². The Morgan fingerprint density at radius 2 is 1.71 bits per heavy atom. The van der Waals surface area contributed by atoms with Crippen LogP contribution in [0, 0.1) is 0 Å². The standard InChI is InChI=1S/C27H31N7O/c1-27(2,34-11-9-32(3)10-12-34)24-14-20(7-8-28-24)26(35)31-25-15-22-13-19(5-6-21(22)16-29-25)23-17-30-33(4)18-23/h5-8,13-18H,9-12H2,1-4H3,(H,29,31,35). The van der Waals surface area contributed by atoms with Crippen molar-refractivity contribution in [2.24, 2.45) is 7.05 Å². The SMILES string of the molecule is CN1CCN(C(C)(C)c2cc(C(=O)Nc3cc4cc(-c5cnn(C)c5)ccc4cn3)ccn2)CC1. The Morgan fingerprint density at radius 3 is 2.46 bits per heavy atom. The fourth-order valence-electron chi connectivity index (χ4n) is 4.58. The average Bonchev–Trinajstić information content (AvgIpc) is 3.30. The second-order valence-corrected chi connectivity index (χ2v) is 9.77. The number of nitrogens with one attached hydrogen (secondary N) is 1. The average molecular weight is 470 g/mol. The van der Waals surface area contributed by atoms with Gasteiger partial charge < -0.3 is 10.2 Å². The van der Waals surface area contributed by atoms with E-state index >= 15 is 0 Å². The topological polar surface area (TPSA) is 79.2 Å². The summed E-state index contributed by atoms with van der Waals surface area (Å²) in [7, 11) is 4.05. The zero-order valence-corrected chi connectivity index (χ0v) is 20.7. The number of pyridine rings is 2. The van der Waals surface area contributed by atoms with Crippen LogP contribution in [0.1, 0.15) is 29.9 Å². The Morgan fingerprint density at radius 1 is 0.914 bits per heavy atom. The molecule has 1 saturated heterocycles. The molecule has 1 amide bonds. The first-order valence-corrected chi connectivity index (χ1v) is 11.9. The van der Waals surface area contributed by atoms with Gasteiger partial charge in [0, 0.05) is 68.3 Å². The highest BCUT2D eigenvalue weighted by Gasteiger charge is 2.32. The number of fused-ring (bicyclic) bond motifs is 1. The quantitative estimate of drug-likeness (QED) is 0.479. The van der Waals surface area contributed by atoms with Crippen LogP contribution in [-0.4, -0.2) is 68.7 Å². The minimum absolute atomic E-state index is 0.196. The van der Waals surface area contributed by atoms with Gasteiger partial charge in [-0.1, -0.05) is 12.1 Å². The molecule has 1 aliphatic rings. The van der Waals surface area contributed by atoms with Gasteiger partial charge in [-0.15, -0.1) is 0 Å². The number of nitrogens with zero attached hydrogens (tertiary/aromatic N) is 6. The molecule has 0 unspecified atom stereocenters. The van der Waals surface area contributed by atoms with Crippen LogP contribution in [0.2, 0.25) is 0 Å². The summed E-state index contributed by atoms with van der Waals surface area (Å²) < 4.78 is 1.78. The Bertz CT molecular complexity index is 1370. The molecule has 8 nitrogen and oxygen atoms in total. The number of carbonyl (C=O) groups excluding carboxylic acids is 1. The lowest BCUT2D eigenvalue weighted by Crippen LogP contribution is -2.52. The minimum Gasteiger partial charge on any atom is -0.307 e. The molecule has 8 heteroatoms. The van der Waals surface area contributed by atoms with Crippen LogP contribution in [0.25, 0.3) is 21.9 Å². The second-order valence-electron chi connectivity index (χ2n) is 9.77. The lowest BCUT2D eigenvalue weighted by molar-refractivity contribution is 0.0579. The maximum atomic E-state index is 13.1. The highest BCUT2D eigenvalue weighted by atomic mass is 16.1.